The number of benzene rings is 2. The molecular formula is C14H9IN2O4S. The lowest BCUT2D eigenvalue weighted by Gasteiger charge is -2.03. The normalized spacial score (nSPS) is 10.8. The largest absolute Gasteiger partial charge is 0.504 e. The maximum Gasteiger partial charge on any atom is 0.158 e. The van der Waals surface area contributed by atoms with Gasteiger partial charge in [0.2, 0.25) is 0 Å². The minimum absolute atomic E-state index is 0.193. The molecule has 0 amide bonds. The summed E-state index contributed by atoms with van der Waals surface area (Å²) in [6.45, 7) is 0. The molecule has 3 rings (SSSR count). The van der Waals surface area contributed by atoms with Crippen LogP contribution in [-0.4, -0.2) is 30.6 Å². The van der Waals surface area contributed by atoms with Crippen LogP contribution in [0.25, 0.3) is 21.1 Å². The van der Waals surface area contributed by atoms with Crippen molar-refractivity contribution in [2.45, 2.75) is 0 Å². The molecule has 2 aromatic carbocycles. The maximum absolute atomic E-state index is 9.62. The van der Waals surface area contributed by atoms with Crippen LogP contribution in [0.3, 0.4) is 0 Å². The molecule has 0 aliphatic heterocycles. The first-order valence-corrected chi connectivity index (χ1v) is 7.93. The molecule has 0 radical (unpaired) electrons. The van der Waals surface area contributed by atoms with Gasteiger partial charge in [0.05, 0.1) is 0 Å². The molecule has 3 aromatic rings. The molecule has 0 saturated carbocycles. The van der Waals surface area contributed by atoms with E-state index < -0.39 is 0 Å². The monoisotopic (exact) mass is 428 g/mol. The summed E-state index contributed by atoms with van der Waals surface area (Å²) in [6, 6.07) is 7.27. The van der Waals surface area contributed by atoms with Crippen molar-refractivity contribution in [3.8, 4) is 44.1 Å². The molecule has 0 unspecified atom stereocenters. The third-order valence-corrected chi connectivity index (χ3v) is 4.84. The highest BCUT2D eigenvalue weighted by molar-refractivity contribution is 14.1. The molecule has 6 nitrogen and oxygen atoms in total. The van der Waals surface area contributed by atoms with Gasteiger partial charge in [-0.05, 0) is 52.9 Å². The molecule has 4 N–H and O–H groups in total. The van der Waals surface area contributed by atoms with E-state index in [2.05, 4.69) is 10.2 Å². The van der Waals surface area contributed by atoms with Crippen molar-refractivity contribution in [3.63, 3.8) is 0 Å². The summed E-state index contributed by atoms with van der Waals surface area (Å²) in [4.78, 5) is 0. The van der Waals surface area contributed by atoms with Crippen molar-refractivity contribution in [1.82, 2.24) is 10.2 Å². The van der Waals surface area contributed by atoms with Gasteiger partial charge >= 0.3 is 0 Å². The Morgan fingerprint density at radius 1 is 0.773 bits per heavy atom. The van der Waals surface area contributed by atoms with Crippen LogP contribution in [0.2, 0.25) is 0 Å². The minimum Gasteiger partial charge on any atom is -0.504 e. The molecule has 1 heterocycles. The third-order valence-electron chi connectivity index (χ3n) is 2.94. The number of hydrogen-bond donors (Lipinski definition) is 4. The van der Waals surface area contributed by atoms with Crippen molar-refractivity contribution in [3.05, 3.63) is 33.9 Å². The Hall–Kier alpha value is -2.07. The van der Waals surface area contributed by atoms with Crippen LogP contribution in [0.4, 0.5) is 0 Å². The average molecular weight is 428 g/mol. The van der Waals surface area contributed by atoms with Crippen LogP contribution >= 0.6 is 33.9 Å². The molecular weight excluding hydrogens is 419 g/mol. The molecule has 112 valence electrons. The highest BCUT2D eigenvalue weighted by Crippen LogP contribution is 2.39. The number of aromatic nitrogens is 2. The summed E-state index contributed by atoms with van der Waals surface area (Å²) in [5, 5.41) is 47.2. The highest BCUT2D eigenvalue weighted by atomic mass is 127. The van der Waals surface area contributed by atoms with Gasteiger partial charge in [0.15, 0.2) is 23.0 Å². The molecule has 0 aliphatic carbocycles. The summed E-state index contributed by atoms with van der Waals surface area (Å²) in [6.07, 6.45) is 0. The number of aromatic hydroxyl groups is 4. The van der Waals surface area contributed by atoms with Crippen molar-refractivity contribution in [2.75, 3.05) is 0 Å². The second-order valence-corrected chi connectivity index (χ2v) is 6.58. The molecule has 0 saturated heterocycles. The first-order valence-electron chi connectivity index (χ1n) is 6.03. The van der Waals surface area contributed by atoms with Crippen molar-refractivity contribution in [1.29, 1.82) is 0 Å². The predicted octanol–water partition coefficient (Wildman–Crippen LogP) is 3.30. The van der Waals surface area contributed by atoms with Crippen molar-refractivity contribution < 1.29 is 20.4 Å². The van der Waals surface area contributed by atoms with Gasteiger partial charge in [-0.25, -0.2) is 0 Å². The first-order chi connectivity index (χ1) is 10.5. The van der Waals surface area contributed by atoms with E-state index in [4.69, 9.17) is 0 Å². The maximum atomic E-state index is 9.62. The SMILES string of the molecule is Oc1ccc(-c2nnc(-c3cc(O)c(O)cc3I)s2)cc1O. The van der Waals surface area contributed by atoms with E-state index in [1.165, 1.54) is 35.6 Å². The number of phenols is 4. The number of halogens is 1. The lowest BCUT2D eigenvalue weighted by molar-refractivity contribution is 0.403. The Labute approximate surface area is 142 Å². The standard InChI is InChI=1S/C14H9IN2O4S/c15-8-5-12(21)11(20)4-7(8)14-17-16-13(22-14)6-1-2-9(18)10(19)3-6/h1-5,18-21H. The van der Waals surface area contributed by atoms with Crippen molar-refractivity contribution in [2.24, 2.45) is 0 Å². The molecule has 0 spiro atoms. The van der Waals surface area contributed by atoms with Crippen LogP contribution in [0, 0.1) is 3.57 Å². The Bertz CT molecular complexity index is 866. The molecule has 0 atom stereocenters. The summed E-state index contributed by atoms with van der Waals surface area (Å²) in [7, 11) is 0. The number of phenolic OH excluding ortho intramolecular Hbond substituents is 4. The van der Waals surface area contributed by atoms with Gasteiger partial charge in [-0.1, -0.05) is 11.3 Å². The average Bonchev–Trinajstić information content (AvgIpc) is 2.95. The zero-order valence-corrected chi connectivity index (χ0v) is 13.8. The zero-order valence-electron chi connectivity index (χ0n) is 10.9. The van der Waals surface area contributed by atoms with Crippen LogP contribution in [0.15, 0.2) is 30.3 Å². The van der Waals surface area contributed by atoms with Gasteiger partial charge < -0.3 is 20.4 Å². The lowest BCUT2D eigenvalue weighted by atomic mass is 10.2. The van der Waals surface area contributed by atoms with Gasteiger partial charge in [0, 0.05) is 14.7 Å². The Morgan fingerprint density at radius 3 is 2.14 bits per heavy atom. The number of nitrogens with zero attached hydrogens (tertiary/aromatic N) is 2. The van der Waals surface area contributed by atoms with E-state index in [9.17, 15) is 20.4 Å². The van der Waals surface area contributed by atoms with E-state index in [0.717, 1.165) is 3.57 Å². The Balaban J connectivity index is 2.04. The second kappa shape index (κ2) is 5.61. The highest BCUT2D eigenvalue weighted by Gasteiger charge is 2.15. The van der Waals surface area contributed by atoms with Gasteiger partial charge in [0.25, 0.3) is 0 Å². The number of hydrogen-bond acceptors (Lipinski definition) is 7. The molecule has 0 fully saturated rings. The lowest BCUT2D eigenvalue weighted by Crippen LogP contribution is -1.83. The van der Waals surface area contributed by atoms with Gasteiger partial charge in [-0.15, -0.1) is 10.2 Å². The fourth-order valence-corrected chi connectivity index (χ4v) is 3.58. The van der Waals surface area contributed by atoms with Crippen LogP contribution in [0.5, 0.6) is 23.0 Å². The molecule has 22 heavy (non-hydrogen) atoms. The van der Waals surface area contributed by atoms with E-state index in [-0.39, 0.29) is 23.0 Å². The first kappa shape index (κ1) is 14.9. The van der Waals surface area contributed by atoms with Crippen molar-refractivity contribution >= 4 is 33.9 Å². The van der Waals surface area contributed by atoms with Crippen LogP contribution in [-0.2, 0) is 0 Å². The van der Waals surface area contributed by atoms with Crippen LogP contribution in [0.1, 0.15) is 0 Å². The fourth-order valence-electron chi connectivity index (χ4n) is 1.82. The zero-order chi connectivity index (χ0) is 15.9. The summed E-state index contributed by atoms with van der Waals surface area (Å²) >= 11 is 3.30. The van der Waals surface area contributed by atoms with E-state index in [0.29, 0.717) is 21.1 Å². The quantitative estimate of drug-likeness (QED) is 0.369. The van der Waals surface area contributed by atoms with E-state index >= 15 is 0 Å². The minimum atomic E-state index is -0.230. The molecule has 0 bridgehead atoms. The third kappa shape index (κ3) is 2.66. The van der Waals surface area contributed by atoms with Gasteiger partial charge in [0.1, 0.15) is 10.0 Å². The summed E-state index contributed by atoms with van der Waals surface area (Å²) < 4.78 is 0.726. The molecule has 0 aliphatic rings. The summed E-state index contributed by atoms with van der Waals surface area (Å²) in [5.74, 6) is -0.853. The topological polar surface area (TPSA) is 107 Å². The Morgan fingerprint density at radius 2 is 1.41 bits per heavy atom. The fraction of sp³-hybridized carbons (Fsp3) is 0. The van der Waals surface area contributed by atoms with Crippen LogP contribution < -0.4 is 0 Å². The smallest absolute Gasteiger partial charge is 0.158 e. The number of rotatable bonds is 2. The Kier molecular flexibility index (Phi) is 3.79. The van der Waals surface area contributed by atoms with E-state index in [1.807, 2.05) is 22.6 Å². The van der Waals surface area contributed by atoms with E-state index in [1.54, 1.807) is 6.07 Å². The van der Waals surface area contributed by atoms with Gasteiger partial charge in [-0.3, -0.25) is 0 Å². The van der Waals surface area contributed by atoms with Gasteiger partial charge in [-0.2, -0.15) is 0 Å². The second-order valence-electron chi connectivity index (χ2n) is 4.44. The summed E-state index contributed by atoms with van der Waals surface area (Å²) in [5.41, 5.74) is 1.28. The molecule has 1 aromatic heterocycles. The molecule has 8 heteroatoms. The predicted molar refractivity (Wildman–Crippen MR) is 90.2 cm³/mol.